The Kier molecular flexibility index (Phi) is 5.02. The quantitative estimate of drug-likeness (QED) is 0.395. The van der Waals surface area contributed by atoms with Crippen LogP contribution in [0.25, 0.3) is 22.4 Å². The number of thiazole rings is 1. The summed E-state index contributed by atoms with van der Waals surface area (Å²) in [7, 11) is 0. The number of carbonyl (C=O) groups excluding carboxylic acids is 1. The van der Waals surface area contributed by atoms with Crippen LogP contribution in [0.1, 0.15) is 22.2 Å². The minimum atomic E-state index is -0.0579. The highest BCUT2D eigenvalue weighted by Crippen LogP contribution is 2.42. The first kappa shape index (κ1) is 18.1. The van der Waals surface area contributed by atoms with Gasteiger partial charge in [-0.05, 0) is 12.5 Å². The van der Waals surface area contributed by atoms with Crippen LogP contribution < -0.4 is 5.32 Å². The average Bonchev–Trinajstić information content (AvgIpc) is 3.34. The molecule has 2 heterocycles. The van der Waals surface area contributed by atoms with E-state index < -0.39 is 0 Å². The van der Waals surface area contributed by atoms with Crippen LogP contribution in [0.2, 0.25) is 0 Å². The van der Waals surface area contributed by atoms with Crippen LogP contribution in [0, 0.1) is 11.3 Å². The number of carbonyl (C=O) groups is 1. The van der Waals surface area contributed by atoms with Gasteiger partial charge in [-0.1, -0.05) is 60.7 Å². The number of ketones is 1. The Balaban J connectivity index is 1.74. The molecule has 0 spiro atoms. The Bertz CT molecular complexity index is 1170. The molecule has 136 valence electrons. The summed E-state index contributed by atoms with van der Waals surface area (Å²) in [6.45, 7) is 1.53. The predicted molar refractivity (Wildman–Crippen MR) is 115 cm³/mol. The highest BCUT2D eigenvalue weighted by Gasteiger charge is 2.22. The van der Waals surface area contributed by atoms with Crippen LogP contribution in [0.15, 0.2) is 66.0 Å². The van der Waals surface area contributed by atoms with Crippen LogP contribution in [0.4, 0.5) is 10.1 Å². The van der Waals surface area contributed by atoms with Crippen LogP contribution >= 0.6 is 22.7 Å². The van der Waals surface area contributed by atoms with Crippen LogP contribution in [-0.2, 0) is 0 Å². The van der Waals surface area contributed by atoms with Gasteiger partial charge in [0.1, 0.15) is 11.1 Å². The molecule has 0 aliphatic carbocycles. The fraction of sp³-hybridized carbons (Fsp3) is 0.0455. The summed E-state index contributed by atoms with van der Waals surface area (Å²) in [5.41, 5.74) is 3.92. The molecule has 4 nitrogen and oxygen atoms in total. The number of nitriles is 1. The molecule has 0 fully saturated rings. The lowest BCUT2D eigenvalue weighted by molar-refractivity contribution is 0.102. The summed E-state index contributed by atoms with van der Waals surface area (Å²) in [6, 6.07) is 21.7. The molecule has 28 heavy (non-hydrogen) atoms. The fourth-order valence-electron chi connectivity index (χ4n) is 2.92. The molecule has 0 saturated heterocycles. The molecule has 0 aliphatic rings. The zero-order chi connectivity index (χ0) is 19.5. The van der Waals surface area contributed by atoms with Crippen LogP contribution in [0.5, 0.6) is 0 Å². The molecule has 6 heteroatoms. The van der Waals surface area contributed by atoms with E-state index in [0.29, 0.717) is 26.1 Å². The number of nitrogens with one attached hydrogen (secondary N) is 1. The van der Waals surface area contributed by atoms with E-state index in [4.69, 9.17) is 0 Å². The lowest BCUT2D eigenvalue weighted by Gasteiger charge is -2.03. The van der Waals surface area contributed by atoms with E-state index in [9.17, 15) is 10.1 Å². The van der Waals surface area contributed by atoms with E-state index in [2.05, 4.69) is 16.4 Å². The topological polar surface area (TPSA) is 65.8 Å². The van der Waals surface area contributed by atoms with Crippen molar-refractivity contribution < 1.29 is 4.79 Å². The van der Waals surface area contributed by atoms with Crippen LogP contribution in [-0.4, -0.2) is 10.8 Å². The van der Waals surface area contributed by atoms with Crippen molar-refractivity contribution in [2.45, 2.75) is 6.92 Å². The van der Waals surface area contributed by atoms with Crippen molar-refractivity contribution in [1.82, 2.24) is 4.98 Å². The maximum Gasteiger partial charge on any atom is 0.188 e. The molecule has 0 aliphatic heterocycles. The van der Waals surface area contributed by atoms with Gasteiger partial charge in [0.05, 0.1) is 16.1 Å². The van der Waals surface area contributed by atoms with E-state index in [1.807, 2.05) is 66.0 Å². The predicted octanol–water partition coefficient (Wildman–Crippen LogP) is 6.36. The van der Waals surface area contributed by atoms with Gasteiger partial charge in [-0.15, -0.1) is 22.7 Å². The number of nitrogens with zero attached hydrogens (tertiary/aromatic N) is 2. The zero-order valence-electron chi connectivity index (χ0n) is 15.0. The van der Waals surface area contributed by atoms with Gasteiger partial charge in [-0.2, -0.15) is 5.26 Å². The molecule has 0 amide bonds. The molecule has 2 aromatic carbocycles. The Morgan fingerprint density at radius 2 is 1.68 bits per heavy atom. The van der Waals surface area contributed by atoms with E-state index in [0.717, 1.165) is 16.8 Å². The SMILES string of the molecule is CC(=O)c1sc(Nc2nc(-c3ccccc3)cs2)c(C#N)c1-c1ccccc1. The first-order chi connectivity index (χ1) is 13.7. The summed E-state index contributed by atoms with van der Waals surface area (Å²) in [5.74, 6) is -0.0579. The first-order valence-corrected chi connectivity index (χ1v) is 10.3. The molecule has 4 rings (SSSR count). The average molecular weight is 402 g/mol. The lowest BCUT2D eigenvalue weighted by atomic mass is 10.0. The molecule has 0 unspecified atom stereocenters. The summed E-state index contributed by atoms with van der Waals surface area (Å²) in [4.78, 5) is 17.4. The van der Waals surface area contributed by atoms with Crippen molar-refractivity contribution >= 4 is 38.6 Å². The summed E-state index contributed by atoms with van der Waals surface area (Å²) in [6.07, 6.45) is 0. The monoisotopic (exact) mass is 401 g/mol. The molecular formula is C22H15N3OS2. The zero-order valence-corrected chi connectivity index (χ0v) is 16.6. The van der Waals surface area contributed by atoms with E-state index in [-0.39, 0.29) is 5.78 Å². The third-order valence-electron chi connectivity index (χ3n) is 4.20. The Morgan fingerprint density at radius 3 is 2.29 bits per heavy atom. The van der Waals surface area contributed by atoms with Crippen LogP contribution in [0.3, 0.4) is 0 Å². The van der Waals surface area contributed by atoms with Gasteiger partial charge in [0, 0.05) is 16.5 Å². The van der Waals surface area contributed by atoms with Gasteiger partial charge in [0.25, 0.3) is 0 Å². The Morgan fingerprint density at radius 1 is 1.04 bits per heavy atom. The summed E-state index contributed by atoms with van der Waals surface area (Å²) < 4.78 is 0. The molecule has 1 N–H and O–H groups in total. The molecular weight excluding hydrogens is 386 g/mol. The smallest absolute Gasteiger partial charge is 0.188 e. The van der Waals surface area contributed by atoms with Crippen molar-refractivity contribution in [3.05, 3.63) is 76.5 Å². The lowest BCUT2D eigenvalue weighted by Crippen LogP contribution is -1.92. The molecule has 0 radical (unpaired) electrons. The number of anilines is 2. The highest BCUT2D eigenvalue weighted by molar-refractivity contribution is 7.19. The first-order valence-electron chi connectivity index (χ1n) is 8.58. The molecule has 4 aromatic rings. The van der Waals surface area contributed by atoms with Gasteiger partial charge in [-0.3, -0.25) is 4.79 Å². The number of hydrogen-bond donors (Lipinski definition) is 1. The number of hydrogen-bond acceptors (Lipinski definition) is 6. The maximum atomic E-state index is 12.2. The third-order valence-corrected chi connectivity index (χ3v) is 6.16. The highest BCUT2D eigenvalue weighted by atomic mass is 32.1. The minimum Gasteiger partial charge on any atom is -0.322 e. The molecule has 0 saturated carbocycles. The van der Waals surface area contributed by atoms with Crippen molar-refractivity contribution in [2.75, 3.05) is 5.32 Å². The van der Waals surface area contributed by atoms with Gasteiger partial charge in [0.2, 0.25) is 0 Å². The fourth-order valence-corrected chi connectivity index (χ4v) is 4.78. The third kappa shape index (κ3) is 3.46. The number of thiophene rings is 1. The van der Waals surface area contributed by atoms with Crippen molar-refractivity contribution in [1.29, 1.82) is 5.26 Å². The second-order valence-corrected chi connectivity index (χ2v) is 7.95. The van der Waals surface area contributed by atoms with E-state index >= 15 is 0 Å². The Hall–Kier alpha value is -3.27. The summed E-state index contributed by atoms with van der Waals surface area (Å²) >= 11 is 2.76. The second kappa shape index (κ2) is 7.77. The minimum absolute atomic E-state index is 0.0579. The van der Waals surface area contributed by atoms with Gasteiger partial charge < -0.3 is 5.32 Å². The molecule has 0 atom stereocenters. The standard InChI is InChI=1S/C22H15N3OS2/c1-14(26)20-19(16-10-6-3-7-11-16)17(12-23)21(28-20)25-22-24-18(13-27-22)15-8-4-2-5-9-15/h2-11,13H,1H3,(H,24,25). The number of Topliss-reactive ketones (excluding diaryl/α,β-unsaturated/α-hetero) is 1. The van der Waals surface area contributed by atoms with Gasteiger partial charge in [0.15, 0.2) is 10.9 Å². The number of benzene rings is 2. The van der Waals surface area contributed by atoms with Crippen molar-refractivity contribution in [3.8, 4) is 28.5 Å². The number of rotatable bonds is 5. The Labute approximate surface area is 170 Å². The maximum absolute atomic E-state index is 12.2. The molecule has 2 aromatic heterocycles. The van der Waals surface area contributed by atoms with Crippen molar-refractivity contribution in [2.24, 2.45) is 0 Å². The summed E-state index contributed by atoms with van der Waals surface area (Å²) in [5, 5.41) is 16.4. The van der Waals surface area contributed by atoms with Gasteiger partial charge >= 0.3 is 0 Å². The van der Waals surface area contributed by atoms with E-state index in [1.54, 1.807) is 0 Å². The van der Waals surface area contributed by atoms with E-state index in [1.165, 1.54) is 29.6 Å². The number of aromatic nitrogens is 1. The second-order valence-electron chi connectivity index (χ2n) is 6.07. The normalized spacial score (nSPS) is 10.4. The van der Waals surface area contributed by atoms with Gasteiger partial charge in [-0.25, -0.2) is 4.98 Å². The molecule has 0 bridgehead atoms. The van der Waals surface area contributed by atoms with Crippen molar-refractivity contribution in [3.63, 3.8) is 0 Å². The largest absolute Gasteiger partial charge is 0.322 e.